The zero-order chi connectivity index (χ0) is 16.6. The molecule has 1 aliphatic heterocycles. The number of nitrogen functional groups attached to an aromatic ring is 1. The minimum Gasteiger partial charge on any atom is -0.487 e. The Hall–Kier alpha value is -1.98. The number of anilines is 1. The van der Waals surface area contributed by atoms with Crippen LogP contribution in [0.1, 0.15) is 47.9 Å². The molecule has 7 heteroatoms. The van der Waals surface area contributed by atoms with Crippen molar-refractivity contribution in [2.24, 2.45) is 0 Å². The van der Waals surface area contributed by atoms with Gasteiger partial charge in [0.25, 0.3) is 5.91 Å². The number of benzene rings is 1. The van der Waals surface area contributed by atoms with Gasteiger partial charge in [-0.2, -0.15) is 0 Å². The van der Waals surface area contributed by atoms with Crippen LogP contribution >= 0.6 is 24.8 Å². The smallest absolute Gasteiger partial charge is 0.253 e. The fourth-order valence-electron chi connectivity index (χ4n) is 2.96. The van der Waals surface area contributed by atoms with Crippen LogP contribution in [0.4, 0.5) is 5.69 Å². The molecule has 1 atom stereocenters. The number of fused-ring (bicyclic) bond motifs is 1. The second kappa shape index (κ2) is 7.93. The Morgan fingerprint density at radius 2 is 2.04 bits per heavy atom. The Kier molecular flexibility index (Phi) is 6.68. The number of nitrogens with zero attached hydrogens (tertiary/aromatic N) is 1. The van der Waals surface area contributed by atoms with Gasteiger partial charge in [0.05, 0.1) is 11.6 Å². The van der Waals surface area contributed by atoms with Gasteiger partial charge < -0.3 is 15.8 Å². The molecule has 0 saturated carbocycles. The predicted octanol–water partition coefficient (Wildman–Crippen LogP) is 3.85. The number of halogens is 2. The van der Waals surface area contributed by atoms with Gasteiger partial charge in [0.15, 0.2) is 0 Å². The molecule has 0 aliphatic carbocycles. The van der Waals surface area contributed by atoms with E-state index in [1.807, 2.05) is 39.0 Å². The summed E-state index contributed by atoms with van der Waals surface area (Å²) in [5.41, 5.74) is 8.41. The standard InChI is InChI=1S/C18H21N3O2.2ClH/c1-11-13(5-4-8-20-11)17(22)21-15-10-18(2,3)23-16-7-6-12(19)9-14(15)16;;/h4-9,15H,10,19H2,1-3H3,(H,21,22);2*1H. The first-order valence-electron chi connectivity index (χ1n) is 7.67. The number of hydrogen-bond donors (Lipinski definition) is 2. The molecule has 5 nitrogen and oxygen atoms in total. The van der Waals surface area contributed by atoms with Gasteiger partial charge in [0.1, 0.15) is 11.4 Å². The number of amides is 1. The zero-order valence-corrected chi connectivity index (χ0v) is 16.0. The highest BCUT2D eigenvalue weighted by molar-refractivity contribution is 5.95. The molecule has 1 amide bonds. The summed E-state index contributed by atoms with van der Waals surface area (Å²) in [5, 5.41) is 3.10. The Morgan fingerprint density at radius 3 is 2.72 bits per heavy atom. The number of pyridine rings is 1. The quantitative estimate of drug-likeness (QED) is 0.772. The van der Waals surface area contributed by atoms with Crippen molar-refractivity contribution in [2.45, 2.75) is 38.8 Å². The van der Waals surface area contributed by atoms with E-state index in [2.05, 4.69) is 10.3 Å². The van der Waals surface area contributed by atoms with Crippen LogP contribution < -0.4 is 15.8 Å². The molecule has 3 N–H and O–H groups in total. The fourth-order valence-corrected chi connectivity index (χ4v) is 2.96. The maximum absolute atomic E-state index is 12.6. The van der Waals surface area contributed by atoms with E-state index in [-0.39, 0.29) is 42.4 Å². The van der Waals surface area contributed by atoms with Crippen molar-refractivity contribution >= 4 is 36.4 Å². The average molecular weight is 384 g/mol. The van der Waals surface area contributed by atoms with Crippen LogP contribution in [0.2, 0.25) is 0 Å². The first-order chi connectivity index (χ1) is 10.9. The van der Waals surface area contributed by atoms with Gasteiger partial charge in [-0.15, -0.1) is 24.8 Å². The Morgan fingerprint density at radius 1 is 1.32 bits per heavy atom. The van der Waals surface area contributed by atoms with Crippen LogP contribution in [0.5, 0.6) is 5.75 Å². The number of rotatable bonds is 2. The Balaban J connectivity index is 0.00000156. The normalized spacial score (nSPS) is 17.2. The van der Waals surface area contributed by atoms with Crippen molar-refractivity contribution in [3.8, 4) is 5.75 Å². The predicted molar refractivity (Wildman–Crippen MR) is 104 cm³/mol. The van der Waals surface area contributed by atoms with Gasteiger partial charge in [0.2, 0.25) is 0 Å². The highest BCUT2D eigenvalue weighted by Gasteiger charge is 2.34. The van der Waals surface area contributed by atoms with Crippen LogP contribution in [0.25, 0.3) is 0 Å². The van der Waals surface area contributed by atoms with E-state index in [1.165, 1.54) is 0 Å². The zero-order valence-electron chi connectivity index (χ0n) is 14.4. The SMILES string of the molecule is Cc1ncccc1C(=O)NC1CC(C)(C)Oc2ccc(N)cc21.Cl.Cl. The van der Waals surface area contributed by atoms with E-state index >= 15 is 0 Å². The lowest BCUT2D eigenvalue weighted by Gasteiger charge is -2.38. The molecule has 3 rings (SSSR count). The highest BCUT2D eigenvalue weighted by atomic mass is 35.5. The maximum atomic E-state index is 12.6. The minimum atomic E-state index is -0.356. The van der Waals surface area contributed by atoms with Crippen molar-refractivity contribution in [1.29, 1.82) is 0 Å². The van der Waals surface area contributed by atoms with Crippen LogP contribution in [0, 0.1) is 6.92 Å². The number of nitrogens with one attached hydrogen (secondary N) is 1. The molecular weight excluding hydrogens is 361 g/mol. The van der Waals surface area contributed by atoms with Crippen LogP contribution in [0.3, 0.4) is 0 Å². The summed E-state index contributed by atoms with van der Waals surface area (Å²) < 4.78 is 6.00. The third-order valence-corrected chi connectivity index (χ3v) is 4.05. The van der Waals surface area contributed by atoms with E-state index in [0.717, 1.165) is 11.3 Å². The monoisotopic (exact) mass is 383 g/mol. The number of hydrogen-bond acceptors (Lipinski definition) is 4. The number of aryl methyl sites for hydroxylation is 1. The molecule has 1 aromatic carbocycles. The van der Waals surface area contributed by atoms with Crippen LogP contribution in [0.15, 0.2) is 36.5 Å². The largest absolute Gasteiger partial charge is 0.487 e. The lowest BCUT2D eigenvalue weighted by Crippen LogP contribution is -2.41. The van der Waals surface area contributed by atoms with E-state index in [9.17, 15) is 4.79 Å². The molecule has 2 aromatic rings. The number of aromatic nitrogens is 1. The first kappa shape index (κ1) is 21.1. The maximum Gasteiger partial charge on any atom is 0.253 e. The molecule has 0 bridgehead atoms. The van der Waals surface area contributed by atoms with Crippen molar-refractivity contribution in [2.75, 3.05) is 5.73 Å². The summed E-state index contributed by atoms with van der Waals surface area (Å²) >= 11 is 0. The number of ether oxygens (including phenoxy) is 1. The van der Waals surface area contributed by atoms with Gasteiger partial charge in [-0.3, -0.25) is 9.78 Å². The van der Waals surface area contributed by atoms with Crippen molar-refractivity contribution in [3.63, 3.8) is 0 Å². The number of carbonyl (C=O) groups excluding carboxylic acids is 1. The third kappa shape index (κ3) is 4.55. The van der Waals surface area contributed by atoms with Gasteiger partial charge in [0, 0.05) is 29.6 Å². The van der Waals surface area contributed by atoms with Gasteiger partial charge in [-0.25, -0.2) is 0 Å². The lowest BCUT2D eigenvalue weighted by atomic mass is 9.89. The lowest BCUT2D eigenvalue weighted by molar-refractivity contribution is 0.0620. The van der Waals surface area contributed by atoms with Crippen LogP contribution in [-0.2, 0) is 0 Å². The fraction of sp³-hybridized carbons (Fsp3) is 0.333. The van der Waals surface area contributed by atoms with Crippen molar-refractivity contribution in [3.05, 3.63) is 53.3 Å². The number of carbonyl (C=O) groups is 1. The van der Waals surface area contributed by atoms with E-state index in [1.54, 1.807) is 18.3 Å². The summed E-state index contributed by atoms with van der Waals surface area (Å²) in [5.74, 6) is 0.635. The molecule has 1 aromatic heterocycles. The summed E-state index contributed by atoms with van der Waals surface area (Å²) in [4.78, 5) is 16.8. The van der Waals surface area contributed by atoms with Crippen molar-refractivity contribution in [1.82, 2.24) is 10.3 Å². The molecule has 0 fully saturated rings. The molecule has 136 valence electrons. The third-order valence-electron chi connectivity index (χ3n) is 4.05. The molecular formula is C18H23Cl2N3O2. The van der Waals surface area contributed by atoms with Crippen LogP contribution in [-0.4, -0.2) is 16.5 Å². The molecule has 0 spiro atoms. The van der Waals surface area contributed by atoms with Crippen molar-refractivity contribution < 1.29 is 9.53 Å². The van der Waals surface area contributed by atoms with Gasteiger partial charge >= 0.3 is 0 Å². The molecule has 1 unspecified atom stereocenters. The summed E-state index contributed by atoms with van der Waals surface area (Å²) in [6, 6.07) is 8.93. The second-order valence-electron chi connectivity index (χ2n) is 6.53. The first-order valence-corrected chi connectivity index (χ1v) is 7.67. The molecule has 25 heavy (non-hydrogen) atoms. The summed E-state index contributed by atoms with van der Waals surface area (Å²) in [6.45, 7) is 5.86. The topological polar surface area (TPSA) is 77.2 Å². The number of nitrogens with two attached hydrogens (primary N) is 1. The van der Waals surface area contributed by atoms with Gasteiger partial charge in [-0.1, -0.05) is 0 Å². The van der Waals surface area contributed by atoms with E-state index in [0.29, 0.717) is 23.4 Å². The molecule has 0 radical (unpaired) electrons. The minimum absolute atomic E-state index is 0. The van der Waals surface area contributed by atoms with E-state index in [4.69, 9.17) is 10.5 Å². The highest BCUT2D eigenvalue weighted by Crippen LogP contribution is 2.40. The van der Waals surface area contributed by atoms with Gasteiger partial charge in [-0.05, 0) is 51.1 Å². The Labute approximate surface area is 160 Å². The summed E-state index contributed by atoms with van der Waals surface area (Å²) in [6.07, 6.45) is 2.36. The van der Waals surface area contributed by atoms with E-state index < -0.39 is 0 Å². The average Bonchev–Trinajstić information content (AvgIpc) is 2.47. The molecule has 2 heterocycles. The molecule has 1 aliphatic rings. The second-order valence-corrected chi connectivity index (χ2v) is 6.53. The molecule has 0 saturated heterocycles. The Bertz CT molecular complexity index is 766. The summed E-state index contributed by atoms with van der Waals surface area (Å²) in [7, 11) is 0.